The lowest BCUT2D eigenvalue weighted by atomic mass is 10.1. The van der Waals surface area contributed by atoms with Crippen molar-refractivity contribution in [3.63, 3.8) is 0 Å². The van der Waals surface area contributed by atoms with Crippen LogP contribution in [-0.2, 0) is 20.9 Å². The molecule has 0 N–H and O–H groups in total. The summed E-state index contributed by atoms with van der Waals surface area (Å²) in [5.41, 5.74) is 1.38. The van der Waals surface area contributed by atoms with Gasteiger partial charge in [0.25, 0.3) is 11.8 Å². The molecule has 2 aromatic rings. The number of carbonyl (C=O) groups excluding carboxylic acids is 3. The molecule has 2 atom stereocenters. The molecule has 1 saturated heterocycles. The standard InChI is InChI=1S/C22H22N4O6/c1-4-32-16-8-6-15(7-9-16)26-20(27)18-19(21(26)28)25(24-23-18)12-14-11-13(22(29)31-3)5-10-17(14)30-2/h5-11,18-19H,4,12H2,1-3H3. The van der Waals surface area contributed by atoms with Gasteiger partial charge in [0.15, 0.2) is 12.1 Å². The molecule has 4 rings (SSSR count). The van der Waals surface area contributed by atoms with Crippen molar-refractivity contribution in [3.05, 3.63) is 53.6 Å². The van der Waals surface area contributed by atoms with E-state index in [2.05, 4.69) is 10.3 Å². The second-order valence-corrected chi connectivity index (χ2v) is 7.15. The van der Waals surface area contributed by atoms with E-state index < -0.39 is 29.9 Å². The third kappa shape index (κ3) is 3.64. The van der Waals surface area contributed by atoms with Gasteiger partial charge in [-0.25, -0.2) is 9.69 Å². The van der Waals surface area contributed by atoms with Gasteiger partial charge in [0.05, 0.1) is 38.6 Å². The quantitative estimate of drug-likeness (QED) is 0.482. The molecule has 10 heteroatoms. The first-order valence-electron chi connectivity index (χ1n) is 10.0. The number of fused-ring (bicyclic) bond motifs is 1. The van der Waals surface area contributed by atoms with Crippen LogP contribution in [0, 0.1) is 0 Å². The van der Waals surface area contributed by atoms with E-state index in [4.69, 9.17) is 14.2 Å². The average molecular weight is 438 g/mol. The Bertz CT molecular complexity index is 1080. The van der Waals surface area contributed by atoms with Crippen molar-refractivity contribution in [3.8, 4) is 11.5 Å². The topological polar surface area (TPSA) is 110 Å². The van der Waals surface area contributed by atoms with Crippen LogP contribution in [0.4, 0.5) is 5.69 Å². The van der Waals surface area contributed by atoms with Crippen LogP contribution in [0.2, 0.25) is 0 Å². The highest BCUT2D eigenvalue weighted by atomic mass is 16.5. The number of carbonyl (C=O) groups is 3. The fourth-order valence-corrected chi connectivity index (χ4v) is 3.79. The van der Waals surface area contributed by atoms with Gasteiger partial charge in [-0.3, -0.25) is 14.6 Å². The Hall–Kier alpha value is -3.95. The summed E-state index contributed by atoms with van der Waals surface area (Å²) in [5, 5.41) is 9.53. The van der Waals surface area contributed by atoms with Crippen molar-refractivity contribution in [1.29, 1.82) is 0 Å². The zero-order chi connectivity index (χ0) is 22.8. The van der Waals surface area contributed by atoms with Crippen LogP contribution < -0.4 is 14.4 Å². The van der Waals surface area contributed by atoms with Gasteiger partial charge in [0.2, 0.25) is 0 Å². The summed E-state index contributed by atoms with van der Waals surface area (Å²) >= 11 is 0. The minimum Gasteiger partial charge on any atom is -0.496 e. The summed E-state index contributed by atoms with van der Waals surface area (Å²) in [5.74, 6) is -0.197. The van der Waals surface area contributed by atoms with Crippen LogP contribution in [0.15, 0.2) is 52.8 Å². The van der Waals surface area contributed by atoms with Crippen LogP contribution in [0.3, 0.4) is 0 Å². The predicted octanol–water partition coefficient (Wildman–Crippen LogP) is 2.37. The van der Waals surface area contributed by atoms with Gasteiger partial charge in [0.1, 0.15) is 11.5 Å². The van der Waals surface area contributed by atoms with Crippen molar-refractivity contribution in [2.45, 2.75) is 25.6 Å². The largest absolute Gasteiger partial charge is 0.496 e. The lowest BCUT2D eigenvalue weighted by Gasteiger charge is -2.22. The highest BCUT2D eigenvalue weighted by Crippen LogP contribution is 2.34. The zero-order valence-electron chi connectivity index (χ0n) is 17.8. The third-order valence-electron chi connectivity index (χ3n) is 5.30. The number of ether oxygens (including phenoxy) is 3. The maximum atomic E-state index is 13.2. The monoisotopic (exact) mass is 438 g/mol. The van der Waals surface area contributed by atoms with Gasteiger partial charge in [-0.1, -0.05) is 5.22 Å². The van der Waals surface area contributed by atoms with Crippen LogP contribution in [-0.4, -0.2) is 55.7 Å². The number of benzene rings is 2. The Labute approximate surface area is 184 Å². The van der Waals surface area contributed by atoms with Gasteiger partial charge in [-0.05, 0) is 49.4 Å². The fraction of sp³-hybridized carbons (Fsp3) is 0.318. The highest BCUT2D eigenvalue weighted by molar-refractivity contribution is 6.25. The highest BCUT2D eigenvalue weighted by Gasteiger charge is 2.54. The van der Waals surface area contributed by atoms with E-state index in [1.807, 2.05) is 6.92 Å². The van der Waals surface area contributed by atoms with Crippen molar-refractivity contribution < 1.29 is 28.6 Å². The molecule has 2 unspecified atom stereocenters. The van der Waals surface area contributed by atoms with E-state index in [0.717, 1.165) is 4.90 Å². The first-order valence-corrected chi connectivity index (χ1v) is 10.0. The summed E-state index contributed by atoms with van der Waals surface area (Å²) in [7, 11) is 2.80. The molecule has 32 heavy (non-hydrogen) atoms. The number of hydrogen-bond donors (Lipinski definition) is 0. The molecular formula is C22H22N4O6. The Morgan fingerprint density at radius 3 is 2.47 bits per heavy atom. The molecule has 1 fully saturated rings. The number of rotatable bonds is 7. The number of nitrogens with zero attached hydrogens (tertiary/aromatic N) is 4. The van der Waals surface area contributed by atoms with E-state index in [0.29, 0.717) is 34.9 Å². The summed E-state index contributed by atoms with van der Waals surface area (Å²) in [4.78, 5) is 39.1. The fourth-order valence-electron chi connectivity index (χ4n) is 3.79. The van der Waals surface area contributed by atoms with Crippen LogP contribution >= 0.6 is 0 Å². The average Bonchev–Trinajstić information content (AvgIpc) is 3.33. The van der Waals surface area contributed by atoms with E-state index in [1.165, 1.54) is 19.2 Å². The van der Waals surface area contributed by atoms with E-state index in [-0.39, 0.29) is 6.54 Å². The first-order chi connectivity index (χ1) is 15.5. The molecule has 166 valence electrons. The second-order valence-electron chi connectivity index (χ2n) is 7.15. The third-order valence-corrected chi connectivity index (χ3v) is 5.30. The molecule has 0 spiro atoms. The number of amides is 2. The molecule has 0 aliphatic carbocycles. The van der Waals surface area contributed by atoms with E-state index in [9.17, 15) is 14.4 Å². The molecule has 2 aliphatic heterocycles. The van der Waals surface area contributed by atoms with Crippen molar-refractivity contribution in [2.24, 2.45) is 10.3 Å². The molecule has 0 aromatic heterocycles. The molecule has 2 amide bonds. The SMILES string of the molecule is CCOc1ccc(N2C(=O)C3N=NN(Cc4cc(C(=O)OC)ccc4OC)C3C2=O)cc1. The van der Waals surface area contributed by atoms with Gasteiger partial charge in [-0.15, -0.1) is 0 Å². The Balaban J connectivity index is 1.58. The number of esters is 1. The second kappa shape index (κ2) is 8.66. The smallest absolute Gasteiger partial charge is 0.337 e. The number of methoxy groups -OCH3 is 2. The van der Waals surface area contributed by atoms with Gasteiger partial charge in [0, 0.05) is 5.56 Å². The maximum absolute atomic E-state index is 13.2. The van der Waals surface area contributed by atoms with Crippen LogP contribution in [0.1, 0.15) is 22.8 Å². The molecule has 2 heterocycles. The maximum Gasteiger partial charge on any atom is 0.337 e. The van der Waals surface area contributed by atoms with Gasteiger partial charge in [-0.2, -0.15) is 5.11 Å². The minimum absolute atomic E-state index is 0.120. The normalized spacial score (nSPS) is 19.3. The number of hydrogen-bond acceptors (Lipinski definition) is 9. The Morgan fingerprint density at radius 2 is 1.81 bits per heavy atom. The van der Waals surface area contributed by atoms with Crippen molar-refractivity contribution in [1.82, 2.24) is 5.01 Å². The Morgan fingerprint density at radius 1 is 1.06 bits per heavy atom. The van der Waals surface area contributed by atoms with E-state index >= 15 is 0 Å². The summed E-state index contributed by atoms with van der Waals surface area (Å²) in [6.45, 7) is 2.51. The summed E-state index contributed by atoms with van der Waals surface area (Å²) in [6.07, 6.45) is 0. The lowest BCUT2D eigenvalue weighted by Crippen LogP contribution is -2.39. The number of anilines is 1. The van der Waals surface area contributed by atoms with Crippen LogP contribution in [0.5, 0.6) is 11.5 Å². The molecule has 0 radical (unpaired) electrons. The molecule has 2 aliphatic rings. The molecule has 0 bridgehead atoms. The van der Waals surface area contributed by atoms with Crippen molar-refractivity contribution in [2.75, 3.05) is 25.7 Å². The molecule has 10 nitrogen and oxygen atoms in total. The van der Waals surface area contributed by atoms with Gasteiger partial charge < -0.3 is 14.2 Å². The predicted molar refractivity (Wildman–Crippen MR) is 112 cm³/mol. The van der Waals surface area contributed by atoms with Crippen LogP contribution in [0.25, 0.3) is 0 Å². The minimum atomic E-state index is -0.927. The molecule has 2 aromatic carbocycles. The first kappa shape index (κ1) is 21.3. The number of imide groups is 1. The zero-order valence-corrected chi connectivity index (χ0v) is 17.8. The lowest BCUT2D eigenvalue weighted by molar-refractivity contribution is -0.123. The molecule has 0 saturated carbocycles. The van der Waals surface area contributed by atoms with Gasteiger partial charge >= 0.3 is 5.97 Å². The molecular weight excluding hydrogens is 416 g/mol. The van der Waals surface area contributed by atoms with E-state index in [1.54, 1.807) is 42.5 Å². The summed E-state index contributed by atoms with van der Waals surface area (Å²) in [6, 6.07) is 9.76. The summed E-state index contributed by atoms with van der Waals surface area (Å²) < 4.78 is 15.6. The van der Waals surface area contributed by atoms with Crippen molar-refractivity contribution >= 4 is 23.5 Å². The Kier molecular flexibility index (Phi) is 5.76.